The molecule has 0 aromatic carbocycles. The number of pyridine rings is 2. The second-order valence-electron chi connectivity index (χ2n) is 5.99. The van der Waals surface area contributed by atoms with Crippen molar-refractivity contribution < 1.29 is 9.90 Å². The third-order valence-electron chi connectivity index (χ3n) is 4.59. The van der Waals surface area contributed by atoms with Gasteiger partial charge in [0.2, 0.25) is 5.91 Å². The molecule has 3 rings (SSSR count). The molecule has 1 aliphatic heterocycles. The highest BCUT2D eigenvalue weighted by atomic mass is 35.5. The van der Waals surface area contributed by atoms with Crippen LogP contribution in [0, 0.1) is 0 Å². The van der Waals surface area contributed by atoms with E-state index in [1.807, 2.05) is 0 Å². The maximum absolute atomic E-state index is 12.7. The molecule has 2 aromatic rings. The van der Waals surface area contributed by atoms with Gasteiger partial charge in [-0.3, -0.25) is 14.2 Å². The predicted molar refractivity (Wildman–Crippen MR) is 87.4 cm³/mol. The van der Waals surface area contributed by atoms with Crippen LogP contribution in [-0.2, 0) is 17.4 Å². The molecule has 1 saturated heterocycles. The van der Waals surface area contributed by atoms with Gasteiger partial charge in [0, 0.05) is 44.2 Å². The number of hydrogen-bond acceptors (Lipinski definition) is 4. The summed E-state index contributed by atoms with van der Waals surface area (Å²) in [7, 11) is 1.62. The Morgan fingerprint density at radius 1 is 1.39 bits per heavy atom. The van der Waals surface area contributed by atoms with E-state index in [0.29, 0.717) is 47.6 Å². The van der Waals surface area contributed by atoms with Crippen LogP contribution in [0.25, 0.3) is 11.0 Å². The molecule has 0 unspecified atom stereocenters. The fraction of sp³-hybridized carbons (Fsp3) is 0.438. The highest BCUT2D eigenvalue weighted by molar-refractivity contribution is 6.35. The summed E-state index contributed by atoms with van der Waals surface area (Å²) in [6.45, 7) is 2.35. The molecule has 0 spiro atoms. The Morgan fingerprint density at radius 3 is 2.65 bits per heavy atom. The van der Waals surface area contributed by atoms with E-state index in [0.717, 1.165) is 0 Å². The first kappa shape index (κ1) is 16.0. The lowest BCUT2D eigenvalue weighted by Gasteiger charge is -2.37. The lowest BCUT2D eigenvalue weighted by atomic mass is 9.84. The van der Waals surface area contributed by atoms with Gasteiger partial charge in [-0.05, 0) is 25.0 Å². The standard InChI is InChI=1S/C16H18ClN3O3/c1-10(21)20-7-4-16(23,5-8-20)12-9-11-13(17)3-6-18-14(11)19(2)15(12)22/h3,6,9,23H,4-5,7-8H2,1-2H3. The molecule has 0 radical (unpaired) electrons. The van der Waals surface area contributed by atoms with Crippen molar-refractivity contribution in [3.05, 3.63) is 39.3 Å². The first-order valence-electron chi connectivity index (χ1n) is 7.46. The van der Waals surface area contributed by atoms with E-state index in [1.54, 1.807) is 30.3 Å². The number of halogens is 1. The van der Waals surface area contributed by atoms with Crippen molar-refractivity contribution in [2.24, 2.45) is 7.05 Å². The van der Waals surface area contributed by atoms with Crippen molar-refractivity contribution in [2.75, 3.05) is 13.1 Å². The number of aryl methyl sites for hydroxylation is 1. The molecule has 0 saturated carbocycles. The van der Waals surface area contributed by atoms with Crippen molar-refractivity contribution in [2.45, 2.75) is 25.4 Å². The number of rotatable bonds is 1. The second kappa shape index (κ2) is 5.62. The maximum Gasteiger partial charge on any atom is 0.258 e. The van der Waals surface area contributed by atoms with Crippen LogP contribution < -0.4 is 5.56 Å². The molecule has 0 bridgehead atoms. The minimum Gasteiger partial charge on any atom is -0.385 e. The molecule has 6 nitrogen and oxygen atoms in total. The van der Waals surface area contributed by atoms with E-state index in [1.165, 1.54) is 11.5 Å². The Kier molecular flexibility index (Phi) is 3.90. The number of fused-ring (bicyclic) bond motifs is 1. The van der Waals surface area contributed by atoms with Crippen LogP contribution in [0.1, 0.15) is 25.3 Å². The number of carbonyl (C=O) groups excluding carboxylic acids is 1. The third-order valence-corrected chi connectivity index (χ3v) is 4.92. The summed E-state index contributed by atoms with van der Waals surface area (Å²) in [4.78, 5) is 30.0. The van der Waals surface area contributed by atoms with Crippen LogP contribution in [0.4, 0.5) is 0 Å². The Morgan fingerprint density at radius 2 is 2.04 bits per heavy atom. The maximum atomic E-state index is 12.7. The molecule has 3 heterocycles. The summed E-state index contributed by atoms with van der Waals surface area (Å²) in [6, 6.07) is 3.29. The SMILES string of the molecule is CC(=O)N1CCC(O)(c2cc3c(Cl)ccnc3n(C)c2=O)CC1. The van der Waals surface area contributed by atoms with Crippen LogP contribution in [0.15, 0.2) is 23.1 Å². The Balaban J connectivity index is 2.10. The average Bonchev–Trinajstić information content (AvgIpc) is 2.51. The summed E-state index contributed by atoms with van der Waals surface area (Å²) < 4.78 is 1.41. The number of piperidine rings is 1. The summed E-state index contributed by atoms with van der Waals surface area (Å²) >= 11 is 6.21. The normalized spacial score (nSPS) is 17.5. The summed E-state index contributed by atoms with van der Waals surface area (Å²) in [5.41, 5.74) is -0.749. The largest absolute Gasteiger partial charge is 0.385 e. The molecule has 1 N–H and O–H groups in total. The van der Waals surface area contributed by atoms with Gasteiger partial charge in [-0.2, -0.15) is 0 Å². The smallest absolute Gasteiger partial charge is 0.258 e. The van der Waals surface area contributed by atoms with E-state index < -0.39 is 5.60 Å². The van der Waals surface area contributed by atoms with E-state index in [-0.39, 0.29) is 11.5 Å². The number of likely N-dealkylation sites (tertiary alicyclic amines) is 1. The van der Waals surface area contributed by atoms with Crippen molar-refractivity contribution >= 4 is 28.5 Å². The first-order chi connectivity index (χ1) is 10.8. The fourth-order valence-electron chi connectivity index (χ4n) is 3.12. The van der Waals surface area contributed by atoms with Gasteiger partial charge in [0.05, 0.1) is 10.6 Å². The van der Waals surface area contributed by atoms with Crippen LogP contribution in [0.5, 0.6) is 0 Å². The number of hydrogen-bond donors (Lipinski definition) is 1. The zero-order chi connectivity index (χ0) is 16.8. The fourth-order valence-corrected chi connectivity index (χ4v) is 3.31. The lowest BCUT2D eigenvalue weighted by molar-refractivity contribution is -0.133. The summed E-state index contributed by atoms with van der Waals surface area (Å²) in [6.07, 6.45) is 2.19. The molecule has 7 heteroatoms. The van der Waals surface area contributed by atoms with Crippen molar-refractivity contribution in [1.29, 1.82) is 0 Å². The minimum atomic E-state index is -1.26. The Labute approximate surface area is 138 Å². The van der Waals surface area contributed by atoms with E-state index >= 15 is 0 Å². The van der Waals surface area contributed by atoms with Gasteiger partial charge in [-0.1, -0.05) is 11.6 Å². The second-order valence-corrected chi connectivity index (χ2v) is 6.40. The molecule has 1 fully saturated rings. The van der Waals surface area contributed by atoms with Gasteiger partial charge in [-0.15, -0.1) is 0 Å². The first-order valence-corrected chi connectivity index (χ1v) is 7.84. The zero-order valence-corrected chi connectivity index (χ0v) is 13.8. The molecule has 122 valence electrons. The minimum absolute atomic E-state index is 0.0225. The molecule has 0 atom stereocenters. The number of nitrogens with zero attached hydrogens (tertiary/aromatic N) is 3. The van der Waals surface area contributed by atoms with Gasteiger partial charge in [0.15, 0.2) is 0 Å². The topological polar surface area (TPSA) is 75.4 Å². The number of carbonyl (C=O) groups is 1. The van der Waals surface area contributed by atoms with Gasteiger partial charge < -0.3 is 10.0 Å². The predicted octanol–water partition coefficient (Wildman–Crippen LogP) is 1.42. The number of aliphatic hydroxyl groups is 1. The van der Waals surface area contributed by atoms with Gasteiger partial charge >= 0.3 is 0 Å². The number of amides is 1. The van der Waals surface area contributed by atoms with Crippen LogP contribution >= 0.6 is 11.6 Å². The third kappa shape index (κ3) is 2.62. The molecule has 1 aliphatic rings. The highest BCUT2D eigenvalue weighted by Crippen LogP contribution is 2.33. The molecule has 2 aromatic heterocycles. The number of aromatic nitrogens is 2. The van der Waals surface area contributed by atoms with Gasteiger partial charge in [0.25, 0.3) is 5.56 Å². The Hall–Kier alpha value is -1.92. The van der Waals surface area contributed by atoms with Crippen LogP contribution in [-0.4, -0.2) is 38.6 Å². The monoisotopic (exact) mass is 335 g/mol. The quantitative estimate of drug-likeness (QED) is 0.855. The van der Waals surface area contributed by atoms with Crippen LogP contribution in [0.3, 0.4) is 0 Å². The Bertz CT molecular complexity index is 838. The van der Waals surface area contributed by atoms with Crippen molar-refractivity contribution in [1.82, 2.24) is 14.5 Å². The van der Waals surface area contributed by atoms with Crippen molar-refractivity contribution in [3.8, 4) is 0 Å². The van der Waals surface area contributed by atoms with E-state index in [9.17, 15) is 14.7 Å². The summed E-state index contributed by atoms with van der Waals surface area (Å²) in [5.74, 6) is -0.0225. The summed E-state index contributed by atoms with van der Waals surface area (Å²) in [5, 5.41) is 12.1. The molecular weight excluding hydrogens is 318 g/mol. The molecular formula is C16H18ClN3O3. The van der Waals surface area contributed by atoms with E-state index in [4.69, 9.17) is 11.6 Å². The molecule has 0 aliphatic carbocycles. The highest BCUT2D eigenvalue weighted by Gasteiger charge is 2.37. The van der Waals surface area contributed by atoms with Crippen LogP contribution in [0.2, 0.25) is 5.02 Å². The van der Waals surface area contributed by atoms with Gasteiger partial charge in [0.1, 0.15) is 5.65 Å². The molecule has 23 heavy (non-hydrogen) atoms. The average molecular weight is 336 g/mol. The lowest BCUT2D eigenvalue weighted by Crippen LogP contribution is -2.47. The van der Waals surface area contributed by atoms with Gasteiger partial charge in [-0.25, -0.2) is 4.98 Å². The molecule has 1 amide bonds. The van der Waals surface area contributed by atoms with Crippen molar-refractivity contribution in [3.63, 3.8) is 0 Å². The zero-order valence-electron chi connectivity index (χ0n) is 13.0. The van der Waals surface area contributed by atoms with E-state index in [2.05, 4.69) is 4.98 Å².